The summed E-state index contributed by atoms with van der Waals surface area (Å²) in [5, 5.41) is 0. The van der Waals surface area contributed by atoms with Crippen molar-refractivity contribution in [1.29, 1.82) is 0 Å². The van der Waals surface area contributed by atoms with E-state index in [4.69, 9.17) is 14.5 Å². The molecule has 0 bridgehead atoms. The number of pyridine rings is 1. The first-order valence-corrected chi connectivity index (χ1v) is 8.11. The van der Waals surface area contributed by atoms with Crippen LogP contribution in [-0.2, 0) is 0 Å². The summed E-state index contributed by atoms with van der Waals surface area (Å²) in [6.07, 6.45) is 0. The third-order valence-corrected chi connectivity index (χ3v) is 4.29. The number of para-hydroxylation sites is 2. The van der Waals surface area contributed by atoms with Gasteiger partial charge in [0.2, 0.25) is 6.79 Å². The number of aryl methyl sites for hydroxylation is 1. The Balaban J connectivity index is 1.80. The summed E-state index contributed by atoms with van der Waals surface area (Å²) < 4.78 is 13.1. The zero-order valence-electron chi connectivity index (χ0n) is 13.6. The van der Waals surface area contributed by atoms with Gasteiger partial charge in [-0.3, -0.25) is 4.57 Å². The monoisotopic (exact) mass is 329 g/mol. The number of imidazole rings is 1. The minimum Gasteiger partial charge on any atom is -0.454 e. The molecule has 3 heterocycles. The van der Waals surface area contributed by atoms with Crippen LogP contribution in [0.15, 0.2) is 60.7 Å². The lowest BCUT2D eigenvalue weighted by Crippen LogP contribution is -1.99. The number of rotatable bonds is 2. The highest BCUT2D eigenvalue weighted by molar-refractivity contribution is 5.82. The van der Waals surface area contributed by atoms with Crippen molar-refractivity contribution in [2.24, 2.45) is 0 Å². The molecule has 0 unspecified atom stereocenters. The van der Waals surface area contributed by atoms with E-state index in [1.807, 2.05) is 61.5 Å². The van der Waals surface area contributed by atoms with E-state index < -0.39 is 0 Å². The van der Waals surface area contributed by atoms with Crippen molar-refractivity contribution in [3.05, 3.63) is 66.4 Å². The molecule has 0 atom stereocenters. The molecule has 0 fully saturated rings. The average Bonchev–Trinajstić information content (AvgIpc) is 3.25. The molecular weight excluding hydrogens is 314 g/mol. The van der Waals surface area contributed by atoms with Crippen LogP contribution in [0.5, 0.6) is 11.5 Å². The largest absolute Gasteiger partial charge is 0.454 e. The van der Waals surface area contributed by atoms with Crippen LogP contribution >= 0.6 is 0 Å². The number of ether oxygens (including phenoxy) is 2. The maximum Gasteiger partial charge on any atom is 0.231 e. The summed E-state index contributed by atoms with van der Waals surface area (Å²) in [6.45, 7) is 2.24. The van der Waals surface area contributed by atoms with Crippen LogP contribution in [-0.4, -0.2) is 21.3 Å². The van der Waals surface area contributed by atoms with Crippen molar-refractivity contribution < 1.29 is 9.47 Å². The van der Waals surface area contributed by atoms with Gasteiger partial charge >= 0.3 is 0 Å². The van der Waals surface area contributed by atoms with Crippen LogP contribution in [0.25, 0.3) is 28.2 Å². The molecule has 1 aliphatic rings. The van der Waals surface area contributed by atoms with Gasteiger partial charge in [0.15, 0.2) is 17.3 Å². The van der Waals surface area contributed by atoms with E-state index in [2.05, 4.69) is 15.6 Å². The Morgan fingerprint density at radius 3 is 2.68 bits per heavy atom. The first kappa shape index (κ1) is 14.0. The predicted octanol–water partition coefficient (Wildman–Crippen LogP) is 4.12. The second-order valence-electron chi connectivity index (χ2n) is 5.96. The molecule has 1 aliphatic heterocycles. The van der Waals surface area contributed by atoms with E-state index in [-0.39, 0.29) is 6.79 Å². The van der Waals surface area contributed by atoms with Crippen LogP contribution in [0.1, 0.15) is 5.69 Å². The number of hydrogen-bond acceptors (Lipinski definition) is 4. The molecule has 0 saturated heterocycles. The SMILES string of the molecule is Cc1cccc(-c2nc3ccccc3n2-c2ccc3c(c2)OCO3)n1. The fourth-order valence-electron chi connectivity index (χ4n) is 3.15. The van der Waals surface area contributed by atoms with E-state index in [1.165, 1.54) is 0 Å². The molecule has 0 amide bonds. The van der Waals surface area contributed by atoms with Crippen LogP contribution in [0.2, 0.25) is 0 Å². The van der Waals surface area contributed by atoms with E-state index >= 15 is 0 Å². The topological polar surface area (TPSA) is 49.2 Å². The lowest BCUT2D eigenvalue weighted by atomic mass is 10.2. The third-order valence-electron chi connectivity index (χ3n) is 4.29. The molecule has 0 aliphatic carbocycles. The van der Waals surface area contributed by atoms with E-state index in [1.54, 1.807) is 0 Å². The molecule has 122 valence electrons. The molecule has 2 aromatic carbocycles. The Morgan fingerprint density at radius 2 is 1.76 bits per heavy atom. The lowest BCUT2D eigenvalue weighted by molar-refractivity contribution is 0.174. The Hall–Kier alpha value is -3.34. The van der Waals surface area contributed by atoms with E-state index in [0.29, 0.717) is 0 Å². The zero-order chi connectivity index (χ0) is 16.8. The smallest absolute Gasteiger partial charge is 0.231 e. The molecule has 5 nitrogen and oxygen atoms in total. The summed E-state index contributed by atoms with van der Waals surface area (Å²) in [5.41, 5.74) is 4.73. The fraction of sp³-hybridized carbons (Fsp3) is 0.100. The molecule has 5 heteroatoms. The summed E-state index contributed by atoms with van der Waals surface area (Å²) in [4.78, 5) is 9.48. The molecule has 0 saturated carbocycles. The highest BCUT2D eigenvalue weighted by Gasteiger charge is 2.19. The van der Waals surface area contributed by atoms with Gasteiger partial charge in [0.1, 0.15) is 5.69 Å². The molecule has 0 spiro atoms. The molecule has 4 aromatic rings. The first-order valence-electron chi connectivity index (χ1n) is 8.11. The molecule has 25 heavy (non-hydrogen) atoms. The van der Waals surface area contributed by atoms with Gasteiger partial charge in [0.25, 0.3) is 0 Å². The first-order chi connectivity index (χ1) is 12.3. The maximum atomic E-state index is 5.54. The van der Waals surface area contributed by atoms with Gasteiger partial charge in [0, 0.05) is 11.8 Å². The molecule has 2 aromatic heterocycles. The average molecular weight is 329 g/mol. The standard InChI is InChI=1S/C20H15N3O2/c1-13-5-4-7-16(21-13)20-22-15-6-2-3-8-17(15)23(20)14-9-10-18-19(11-14)25-12-24-18/h2-11H,12H2,1H3. The summed E-state index contributed by atoms with van der Waals surface area (Å²) in [6, 6.07) is 20.0. The summed E-state index contributed by atoms with van der Waals surface area (Å²) in [7, 11) is 0. The van der Waals surface area contributed by atoms with Gasteiger partial charge in [-0.2, -0.15) is 0 Å². The van der Waals surface area contributed by atoms with Gasteiger partial charge < -0.3 is 9.47 Å². The molecule has 0 radical (unpaired) electrons. The lowest BCUT2D eigenvalue weighted by Gasteiger charge is -2.10. The summed E-state index contributed by atoms with van der Waals surface area (Å²) >= 11 is 0. The van der Waals surface area contributed by atoms with Crippen molar-refractivity contribution in [3.8, 4) is 28.7 Å². The number of fused-ring (bicyclic) bond motifs is 2. The second kappa shape index (κ2) is 5.34. The minimum absolute atomic E-state index is 0.260. The predicted molar refractivity (Wildman–Crippen MR) is 95.2 cm³/mol. The summed E-state index contributed by atoms with van der Waals surface area (Å²) in [5.74, 6) is 2.32. The highest BCUT2D eigenvalue weighted by atomic mass is 16.7. The Kier molecular flexibility index (Phi) is 3.00. The van der Waals surface area contributed by atoms with Crippen molar-refractivity contribution in [2.45, 2.75) is 6.92 Å². The van der Waals surface area contributed by atoms with E-state index in [9.17, 15) is 0 Å². The number of nitrogens with zero attached hydrogens (tertiary/aromatic N) is 3. The van der Waals surface area contributed by atoms with Crippen molar-refractivity contribution in [2.75, 3.05) is 6.79 Å². The molecule has 5 rings (SSSR count). The minimum atomic E-state index is 0.260. The van der Waals surface area contributed by atoms with Crippen molar-refractivity contribution >= 4 is 11.0 Å². The van der Waals surface area contributed by atoms with Gasteiger partial charge in [-0.1, -0.05) is 18.2 Å². The second-order valence-corrected chi connectivity index (χ2v) is 5.96. The third kappa shape index (κ3) is 2.24. The zero-order valence-corrected chi connectivity index (χ0v) is 13.6. The van der Waals surface area contributed by atoms with Crippen molar-refractivity contribution in [3.63, 3.8) is 0 Å². The molecule has 0 N–H and O–H groups in total. The number of aromatic nitrogens is 3. The van der Waals surface area contributed by atoms with Crippen LogP contribution in [0.3, 0.4) is 0 Å². The van der Waals surface area contributed by atoms with Gasteiger partial charge in [-0.25, -0.2) is 9.97 Å². The number of hydrogen-bond donors (Lipinski definition) is 0. The quantitative estimate of drug-likeness (QED) is 0.555. The van der Waals surface area contributed by atoms with Crippen LogP contribution in [0.4, 0.5) is 0 Å². The Bertz CT molecular complexity index is 1100. The van der Waals surface area contributed by atoms with Crippen LogP contribution < -0.4 is 9.47 Å². The van der Waals surface area contributed by atoms with Gasteiger partial charge in [-0.15, -0.1) is 0 Å². The maximum absolute atomic E-state index is 5.54. The van der Waals surface area contributed by atoms with Gasteiger partial charge in [0.05, 0.1) is 16.7 Å². The highest BCUT2D eigenvalue weighted by Crippen LogP contribution is 2.36. The Labute approximate surface area is 144 Å². The number of benzene rings is 2. The fourth-order valence-corrected chi connectivity index (χ4v) is 3.15. The normalized spacial score (nSPS) is 12.7. The van der Waals surface area contributed by atoms with E-state index in [0.717, 1.165) is 45.4 Å². The van der Waals surface area contributed by atoms with Crippen molar-refractivity contribution in [1.82, 2.24) is 14.5 Å². The van der Waals surface area contributed by atoms with Gasteiger partial charge in [-0.05, 0) is 43.3 Å². The van der Waals surface area contributed by atoms with Crippen LogP contribution in [0, 0.1) is 6.92 Å². The Morgan fingerprint density at radius 1 is 0.880 bits per heavy atom. The molecular formula is C20H15N3O2.